The molecule has 2 unspecified atom stereocenters. The van der Waals surface area contributed by atoms with Crippen LogP contribution in [-0.4, -0.2) is 42.2 Å². The lowest BCUT2D eigenvalue weighted by Crippen LogP contribution is -2.33. The van der Waals surface area contributed by atoms with Gasteiger partial charge in [0.15, 0.2) is 0 Å². The lowest BCUT2D eigenvalue weighted by molar-refractivity contribution is 0.0632. The summed E-state index contributed by atoms with van der Waals surface area (Å²) in [6, 6.07) is 0. The summed E-state index contributed by atoms with van der Waals surface area (Å²) in [5.74, 6) is 0. The van der Waals surface area contributed by atoms with E-state index in [0.717, 1.165) is 12.8 Å². The predicted molar refractivity (Wildman–Crippen MR) is 100 cm³/mol. The molecule has 25 heavy (non-hydrogen) atoms. The molecule has 0 fully saturated rings. The Bertz CT molecular complexity index is 354. The average Bonchev–Trinajstić information content (AvgIpc) is 2.46. The lowest BCUT2D eigenvalue weighted by Gasteiger charge is -2.08. The zero-order valence-corrected chi connectivity index (χ0v) is 16.9. The quantitative estimate of drug-likeness (QED) is 0.194. The highest BCUT2D eigenvalue weighted by Gasteiger charge is 2.02. The van der Waals surface area contributed by atoms with Crippen molar-refractivity contribution in [2.75, 3.05) is 6.61 Å². The van der Waals surface area contributed by atoms with E-state index in [1.807, 2.05) is 0 Å². The van der Waals surface area contributed by atoms with Gasteiger partial charge in [0.25, 0.3) is 0 Å². The fourth-order valence-corrected chi connectivity index (χ4v) is 2.61. The monoisotopic (exact) mass is 385 g/mol. The van der Waals surface area contributed by atoms with Crippen LogP contribution in [0.3, 0.4) is 0 Å². The maximum absolute atomic E-state index is 10.2. The van der Waals surface area contributed by atoms with Crippen LogP contribution in [0.1, 0.15) is 91.4 Å². The van der Waals surface area contributed by atoms with Crippen molar-refractivity contribution in [1.82, 2.24) is 5.32 Å². The molecule has 0 aromatic rings. The van der Waals surface area contributed by atoms with E-state index >= 15 is 0 Å². The highest BCUT2D eigenvalue weighted by Crippen LogP contribution is 2.11. The summed E-state index contributed by atoms with van der Waals surface area (Å²) in [7, 11) is -4.24. The van der Waals surface area contributed by atoms with E-state index in [4.69, 9.17) is 14.8 Å². The van der Waals surface area contributed by atoms with Gasteiger partial charge in [0.1, 0.15) is 12.5 Å². The van der Waals surface area contributed by atoms with Crippen LogP contribution in [-0.2, 0) is 14.6 Å². The van der Waals surface area contributed by atoms with Gasteiger partial charge in [-0.05, 0) is 20.3 Å². The maximum atomic E-state index is 10.2. The number of rotatable bonds is 15. The SMILES string of the molecule is CC(O)NC(C)O.CCCCCCCCCCCCCOS(=O)(=O)O. The first-order valence-electron chi connectivity index (χ1n) is 9.43. The van der Waals surface area contributed by atoms with Gasteiger partial charge in [0, 0.05) is 0 Å². The van der Waals surface area contributed by atoms with Crippen molar-refractivity contribution in [1.29, 1.82) is 0 Å². The molecule has 154 valence electrons. The molecular weight excluding hydrogens is 346 g/mol. The minimum atomic E-state index is -4.24. The first-order chi connectivity index (χ1) is 11.7. The number of aliphatic hydroxyl groups is 2. The molecule has 0 rings (SSSR count). The molecule has 2 atom stereocenters. The molecule has 7 nitrogen and oxygen atoms in total. The Balaban J connectivity index is 0. The summed E-state index contributed by atoms with van der Waals surface area (Å²) < 4.78 is 33.1. The van der Waals surface area contributed by atoms with Gasteiger partial charge in [0.05, 0.1) is 6.61 Å². The molecule has 0 saturated heterocycles. The Morgan fingerprint density at radius 2 is 1.16 bits per heavy atom. The zero-order valence-electron chi connectivity index (χ0n) is 16.1. The van der Waals surface area contributed by atoms with Crippen LogP contribution in [0.4, 0.5) is 0 Å². The summed E-state index contributed by atoms with van der Waals surface area (Å²) in [5.41, 5.74) is 0. The smallest absolute Gasteiger partial charge is 0.379 e. The average molecular weight is 386 g/mol. The van der Waals surface area contributed by atoms with Crippen molar-refractivity contribution in [3.63, 3.8) is 0 Å². The fraction of sp³-hybridized carbons (Fsp3) is 1.00. The molecule has 8 heteroatoms. The van der Waals surface area contributed by atoms with Crippen molar-refractivity contribution in [3.05, 3.63) is 0 Å². The van der Waals surface area contributed by atoms with Gasteiger partial charge >= 0.3 is 10.4 Å². The number of nitrogens with one attached hydrogen (secondary N) is 1. The lowest BCUT2D eigenvalue weighted by atomic mass is 10.1. The van der Waals surface area contributed by atoms with Crippen LogP contribution in [0.2, 0.25) is 0 Å². The molecule has 0 spiro atoms. The van der Waals surface area contributed by atoms with Crippen molar-refractivity contribution in [2.24, 2.45) is 0 Å². The molecule has 0 heterocycles. The molecular formula is C17H39NO6S. The summed E-state index contributed by atoms with van der Waals surface area (Å²) in [4.78, 5) is 0. The largest absolute Gasteiger partial charge is 0.397 e. The Morgan fingerprint density at radius 1 is 0.800 bits per heavy atom. The van der Waals surface area contributed by atoms with E-state index in [9.17, 15) is 8.42 Å². The topological polar surface area (TPSA) is 116 Å². The summed E-state index contributed by atoms with van der Waals surface area (Å²) in [6.45, 7) is 5.42. The van der Waals surface area contributed by atoms with Crippen LogP contribution < -0.4 is 5.32 Å². The van der Waals surface area contributed by atoms with Crippen LogP contribution in [0.15, 0.2) is 0 Å². The van der Waals surface area contributed by atoms with Gasteiger partial charge in [-0.2, -0.15) is 8.42 Å². The van der Waals surface area contributed by atoms with Gasteiger partial charge < -0.3 is 10.2 Å². The first-order valence-corrected chi connectivity index (χ1v) is 10.8. The number of hydrogen-bond donors (Lipinski definition) is 4. The van der Waals surface area contributed by atoms with E-state index in [1.54, 1.807) is 13.8 Å². The molecule has 0 bridgehead atoms. The fourth-order valence-electron chi connectivity index (χ4n) is 2.28. The third kappa shape index (κ3) is 32.0. The van der Waals surface area contributed by atoms with E-state index in [1.165, 1.54) is 51.4 Å². The van der Waals surface area contributed by atoms with E-state index in [2.05, 4.69) is 16.4 Å². The van der Waals surface area contributed by atoms with Crippen molar-refractivity contribution >= 4 is 10.4 Å². The number of hydrogen-bond acceptors (Lipinski definition) is 6. The third-order valence-corrected chi connectivity index (χ3v) is 3.93. The molecule has 0 aromatic heterocycles. The standard InChI is InChI=1S/C13H28O4S.C4H11NO2/c1-2-3-4-5-6-7-8-9-10-11-12-13-17-18(14,15)16;1-3(6)5-4(2)7/h2-13H2,1H3,(H,14,15,16);3-7H,1-2H3. The number of aliphatic hydroxyl groups excluding tert-OH is 2. The van der Waals surface area contributed by atoms with Crippen molar-refractivity contribution in [2.45, 2.75) is 104 Å². The van der Waals surface area contributed by atoms with E-state index < -0.39 is 22.9 Å². The Labute approximate surface area is 154 Å². The highest BCUT2D eigenvalue weighted by molar-refractivity contribution is 7.80. The highest BCUT2D eigenvalue weighted by atomic mass is 32.3. The van der Waals surface area contributed by atoms with Gasteiger partial charge in [-0.25, -0.2) is 4.18 Å². The van der Waals surface area contributed by atoms with Crippen LogP contribution in [0.5, 0.6) is 0 Å². The predicted octanol–water partition coefficient (Wildman–Crippen LogP) is 3.37. The normalized spacial score (nSPS) is 13.8. The van der Waals surface area contributed by atoms with E-state index in [-0.39, 0.29) is 6.61 Å². The first kappa shape index (κ1) is 27.0. The van der Waals surface area contributed by atoms with Crippen LogP contribution >= 0.6 is 0 Å². The van der Waals surface area contributed by atoms with Crippen LogP contribution in [0.25, 0.3) is 0 Å². The second kappa shape index (κ2) is 18.5. The second-order valence-electron chi connectivity index (χ2n) is 6.30. The molecule has 0 aliphatic rings. The Kier molecular flexibility index (Phi) is 20.0. The second-order valence-corrected chi connectivity index (χ2v) is 7.40. The number of unbranched alkanes of at least 4 members (excludes halogenated alkanes) is 10. The summed E-state index contributed by atoms with van der Waals surface area (Å²) in [6.07, 6.45) is 12.0. The summed E-state index contributed by atoms with van der Waals surface area (Å²) >= 11 is 0. The molecule has 0 amide bonds. The zero-order chi connectivity index (χ0) is 19.6. The van der Waals surface area contributed by atoms with Gasteiger partial charge in [-0.1, -0.05) is 71.1 Å². The van der Waals surface area contributed by atoms with Gasteiger partial charge in [0.2, 0.25) is 0 Å². The van der Waals surface area contributed by atoms with Crippen molar-refractivity contribution in [3.8, 4) is 0 Å². The van der Waals surface area contributed by atoms with Gasteiger partial charge in [-0.3, -0.25) is 9.87 Å². The van der Waals surface area contributed by atoms with E-state index in [0.29, 0.717) is 6.42 Å². The molecule has 0 aliphatic carbocycles. The molecule has 0 aliphatic heterocycles. The maximum Gasteiger partial charge on any atom is 0.397 e. The molecule has 0 aromatic carbocycles. The molecule has 4 N–H and O–H groups in total. The Hall–Kier alpha value is -0.250. The summed E-state index contributed by atoms with van der Waals surface area (Å²) in [5, 5.41) is 19.3. The van der Waals surface area contributed by atoms with Gasteiger partial charge in [-0.15, -0.1) is 0 Å². The third-order valence-electron chi connectivity index (χ3n) is 3.46. The molecule has 0 radical (unpaired) electrons. The van der Waals surface area contributed by atoms with Crippen LogP contribution in [0, 0.1) is 0 Å². The van der Waals surface area contributed by atoms with Crippen molar-refractivity contribution < 1.29 is 27.4 Å². The molecule has 0 saturated carbocycles. The Morgan fingerprint density at radius 3 is 1.44 bits per heavy atom. The minimum absolute atomic E-state index is 0.0931. The minimum Gasteiger partial charge on any atom is -0.379 e.